The van der Waals surface area contributed by atoms with Gasteiger partial charge in [-0.3, -0.25) is 14.4 Å². The number of hydrogen-bond acceptors (Lipinski definition) is 6. The lowest BCUT2D eigenvalue weighted by Crippen LogP contribution is -2.29. The van der Waals surface area contributed by atoms with Crippen molar-refractivity contribution < 1.29 is 19.5 Å². The van der Waals surface area contributed by atoms with E-state index in [1.807, 2.05) is 6.92 Å². The number of carbonyl (C=O) groups excluding carboxylic acids is 2. The number of hydrazine groups is 1. The van der Waals surface area contributed by atoms with Gasteiger partial charge in [0.2, 0.25) is 12.3 Å². The van der Waals surface area contributed by atoms with Crippen LogP contribution >= 0.6 is 0 Å². The van der Waals surface area contributed by atoms with Crippen molar-refractivity contribution in [3.8, 4) is 0 Å². The summed E-state index contributed by atoms with van der Waals surface area (Å²) in [6.07, 6.45) is 5.29. The molecule has 9 heteroatoms. The Kier molecular flexibility index (Phi) is 16.1. The fourth-order valence-corrected chi connectivity index (χ4v) is 1.34. The molecule has 9 nitrogen and oxygen atoms in total. The van der Waals surface area contributed by atoms with Gasteiger partial charge in [0.15, 0.2) is 0 Å². The van der Waals surface area contributed by atoms with Gasteiger partial charge in [-0.2, -0.15) is 0 Å². The molecule has 0 aromatic carbocycles. The Morgan fingerprint density at radius 3 is 2.43 bits per heavy atom. The maximum atomic E-state index is 10.8. The van der Waals surface area contributed by atoms with Gasteiger partial charge in [0, 0.05) is 31.4 Å². The largest absolute Gasteiger partial charge is 0.480 e. The number of amides is 2. The topological polar surface area (TPSA) is 151 Å². The van der Waals surface area contributed by atoms with Gasteiger partial charge < -0.3 is 26.5 Å². The molecule has 0 spiro atoms. The van der Waals surface area contributed by atoms with Crippen LogP contribution in [0.5, 0.6) is 0 Å². The Labute approximate surface area is 137 Å². The van der Waals surface area contributed by atoms with Crippen molar-refractivity contribution in [1.29, 1.82) is 0 Å². The number of aliphatic carboxylic acids is 1. The molecule has 23 heavy (non-hydrogen) atoms. The Morgan fingerprint density at radius 2 is 1.96 bits per heavy atom. The highest BCUT2D eigenvalue weighted by atomic mass is 16.4. The number of nitrogens with one attached hydrogen (secondary N) is 2. The number of hydrogen-bond donors (Lipinski definition) is 5. The molecule has 0 saturated carbocycles. The quantitative estimate of drug-likeness (QED) is 0.148. The zero-order chi connectivity index (χ0) is 18.1. The van der Waals surface area contributed by atoms with Gasteiger partial charge in [0.25, 0.3) is 0 Å². The van der Waals surface area contributed by atoms with Gasteiger partial charge in [-0.1, -0.05) is 13.3 Å². The molecule has 0 aliphatic heterocycles. The Balaban J connectivity index is 0. The minimum Gasteiger partial charge on any atom is -0.480 e. The Hall–Kier alpha value is -2.29. The van der Waals surface area contributed by atoms with E-state index in [0.717, 1.165) is 25.1 Å². The van der Waals surface area contributed by atoms with Crippen LogP contribution in [-0.4, -0.2) is 48.0 Å². The van der Waals surface area contributed by atoms with Crippen LogP contribution in [0.3, 0.4) is 0 Å². The second-order valence-corrected chi connectivity index (χ2v) is 4.81. The smallest absolute Gasteiger partial charge is 0.322 e. The molecule has 0 aliphatic rings. The zero-order valence-electron chi connectivity index (χ0n) is 13.9. The predicted octanol–water partition coefficient (Wildman–Crippen LogP) is -0.504. The van der Waals surface area contributed by atoms with Crippen molar-refractivity contribution in [3.05, 3.63) is 11.9 Å². The molecular formula is C14H29N5O4. The molecule has 0 aromatic heterocycles. The van der Waals surface area contributed by atoms with Gasteiger partial charge >= 0.3 is 5.97 Å². The lowest BCUT2D eigenvalue weighted by molar-refractivity contribution is -0.137. The fourth-order valence-electron chi connectivity index (χ4n) is 1.34. The normalized spacial score (nSPS) is 10.1. The van der Waals surface area contributed by atoms with Crippen molar-refractivity contribution in [2.75, 3.05) is 19.6 Å². The summed E-state index contributed by atoms with van der Waals surface area (Å²) in [5, 5.41) is 14.4. The van der Waals surface area contributed by atoms with Crippen molar-refractivity contribution in [1.82, 2.24) is 15.6 Å². The molecule has 0 heterocycles. The van der Waals surface area contributed by atoms with E-state index >= 15 is 0 Å². The van der Waals surface area contributed by atoms with E-state index in [4.69, 9.17) is 16.7 Å². The van der Waals surface area contributed by atoms with Crippen LogP contribution < -0.4 is 22.2 Å². The highest BCUT2D eigenvalue weighted by molar-refractivity contribution is 5.81. The average molecular weight is 331 g/mol. The maximum absolute atomic E-state index is 10.8. The van der Waals surface area contributed by atoms with Gasteiger partial charge in [-0.05, 0) is 19.8 Å². The van der Waals surface area contributed by atoms with E-state index in [2.05, 4.69) is 17.6 Å². The van der Waals surface area contributed by atoms with Crippen LogP contribution in [0.15, 0.2) is 11.9 Å². The maximum Gasteiger partial charge on any atom is 0.322 e. The van der Waals surface area contributed by atoms with Crippen molar-refractivity contribution in [2.24, 2.45) is 11.6 Å². The first-order valence-corrected chi connectivity index (χ1v) is 7.44. The average Bonchev–Trinajstić information content (AvgIpc) is 2.47. The van der Waals surface area contributed by atoms with Crippen LogP contribution in [0.1, 0.15) is 39.5 Å². The molecule has 0 bridgehead atoms. The molecule has 134 valence electrons. The van der Waals surface area contributed by atoms with E-state index in [-0.39, 0.29) is 18.9 Å². The molecule has 0 aliphatic carbocycles. The number of nitrogens with two attached hydrogens (primary N) is 2. The molecule has 7 N–H and O–H groups in total. The summed E-state index contributed by atoms with van der Waals surface area (Å²) in [7, 11) is 0. The van der Waals surface area contributed by atoms with Crippen LogP contribution in [0, 0.1) is 0 Å². The highest BCUT2D eigenvalue weighted by Gasteiger charge is 2.02. The second-order valence-electron chi connectivity index (χ2n) is 4.81. The molecule has 0 unspecified atom stereocenters. The lowest BCUT2D eigenvalue weighted by Gasteiger charge is -2.12. The van der Waals surface area contributed by atoms with Crippen molar-refractivity contribution in [3.63, 3.8) is 0 Å². The number of allylic oxidation sites excluding steroid dienone is 1. The summed E-state index contributed by atoms with van der Waals surface area (Å²) in [5.41, 5.74) is 6.15. The minimum absolute atomic E-state index is 0.216. The standard InChI is InChI=1S/C7H17N3.C7H12N2O4/c1-3-4-5-10(9)6-7(2)8;10-5-8-3-1-2-6(11)9-4-7(12)13/h6H,3-5,8-9H2,1-2H3;5H,1-4H2,(H,8,10)(H,9,11)(H,12,13)/b7-6-;. The fraction of sp³-hybridized carbons (Fsp3) is 0.643. The van der Waals surface area contributed by atoms with Gasteiger partial charge in [0.1, 0.15) is 6.54 Å². The number of nitrogens with zero attached hydrogens (tertiary/aromatic N) is 1. The predicted molar refractivity (Wildman–Crippen MR) is 87.7 cm³/mol. The molecule has 0 atom stereocenters. The molecule has 2 amide bonds. The van der Waals surface area contributed by atoms with Crippen LogP contribution in [-0.2, 0) is 14.4 Å². The van der Waals surface area contributed by atoms with E-state index in [0.29, 0.717) is 19.4 Å². The second kappa shape index (κ2) is 16.1. The lowest BCUT2D eigenvalue weighted by atomic mass is 10.3. The third-order valence-electron chi connectivity index (χ3n) is 2.38. The summed E-state index contributed by atoms with van der Waals surface area (Å²) in [5.74, 6) is 4.14. The monoisotopic (exact) mass is 331 g/mol. The van der Waals surface area contributed by atoms with Gasteiger partial charge in [-0.25, -0.2) is 5.84 Å². The molecule has 0 radical (unpaired) electrons. The van der Waals surface area contributed by atoms with Crippen molar-refractivity contribution >= 4 is 18.3 Å². The van der Waals surface area contributed by atoms with Crippen LogP contribution in [0.25, 0.3) is 0 Å². The summed E-state index contributed by atoms with van der Waals surface area (Å²) in [6.45, 7) is 4.90. The molecule has 0 rings (SSSR count). The van der Waals surface area contributed by atoms with E-state index in [1.165, 1.54) is 0 Å². The van der Waals surface area contributed by atoms with E-state index in [1.54, 1.807) is 11.2 Å². The summed E-state index contributed by atoms with van der Waals surface area (Å²) < 4.78 is 0. The number of carbonyl (C=O) groups is 3. The summed E-state index contributed by atoms with van der Waals surface area (Å²) in [4.78, 5) is 30.6. The number of unbranched alkanes of at least 4 members (excludes halogenated alkanes) is 1. The molecular weight excluding hydrogens is 302 g/mol. The summed E-state index contributed by atoms with van der Waals surface area (Å²) >= 11 is 0. The Bertz CT molecular complexity index is 370. The first-order chi connectivity index (χ1) is 10.8. The van der Waals surface area contributed by atoms with Crippen LogP contribution in [0.4, 0.5) is 0 Å². The number of rotatable bonds is 11. The highest BCUT2D eigenvalue weighted by Crippen LogP contribution is 1.91. The van der Waals surface area contributed by atoms with Gasteiger partial charge in [0.05, 0.1) is 0 Å². The zero-order valence-corrected chi connectivity index (χ0v) is 13.9. The summed E-state index contributed by atoms with van der Waals surface area (Å²) in [6, 6.07) is 0. The molecule has 0 saturated heterocycles. The van der Waals surface area contributed by atoms with Crippen molar-refractivity contribution in [2.45, 2.75) is 39.5 Å². The molecule has 0 aromatic rings. The van der Waals surface area contributed by atoms with E-state index < -0.39 is 5.97 Å². The minimum atomic E-state index is -1.07. The number of carboxylic acids is 1. The molecule has 0 fully saturated rings. The van der Waals surface area contributed by atoms with E-state index in [9.17, 15) is 14.4 Å². The third-order valence-corrected chi connectivity index (χ3v) is 2.38. The number of carboxylic acid groups (broad SMARTS) is 1. The first-order valence-electron chi connectivity index (χ1n) is 7.44. The first kappa shape index (κ1) is 23.0. The Morgan fingerprint density at radius 1 is 1.30 bits per heavy atom. The third kappa shape index (κ3) is 22.1. The SMILES string of the molecule is CCCCN(N)/C=C(/C)N.O=CNCCCC(=O)NCC(=O)O. The van der Waals surface area contributed by atoms with Crippen LogP contribution in [0.2, 0.25) is 0 Å². The van der Waals surface area contributed by atoms with Gasteiger partial charge in [-0.15, -0.1) is 0 Å².